The first-order valence-corrected chi connectivity index (χ1v) is 7.58. The molecule has 3 rings (SSSR count). The summed E-state index contributed by atoms with van der Waals surface area (Å²) in [5.41, 5.74) is 2.25. The highest BCUT2D eigenvalue weighted by atomic mass is 35.5. The van der Waals surface area contributed by atoms with Crippen LogP contribution in [0.5, 0.6) is 0 Å². The Balaban J connectivity index is 2.27. The molecule has 0 aliphatic heterocycles. The zero-order valence-electron chi connectivity index (χ0n) is 11.6. The fourth-order valence-electron chi connectivity index (χ4n) is 2.59. The molecule has 0 bridgehead atoms. The number of hydrogen-bond acceptors (Lipinski definition) is 1. The van der Waals surface area contributed by atoms with Crippen LogP contribution in [0, 0.1) is 0 Å². The predicted octanol–water partition coefficient (Wildman–Crippen LogP) is 4.30. The number of hydrogen-bond donors (Lipinski definition) is 0. The highest BCUT2D eigenvalue weighted by molar-refractivity contribution is 6.17. The van der Waals surface area contributed by atoms with Crippen LogP contribution in [0.4, 0.5) is 0 Å². The third kappa shape index (κ3) is 2.72. The van der Waals surface area contributed by atoms with Crippen molar-refractivity contribution in [3.63, 3.8) is 0 Å². The number of alkyl halides is 1. The predicted molar refractivity (Wildman–Crippen MR) is 89.0 cm³/mol. The van der Waals surface area contributed by atoms with E-state index in [2.05, 4.69) is 12.1 Å². The summed E-state index contributed by atoms with van der Waals surface area (Å²) < 4.78 is 1.77. The van der Waals surface area contributed by atoms with Gasteiger partial charge >= 0.3 is 0 Å². The minimum atomic E-state index is 0.0513. The van der Waals surface area contributed by atoms with E-state index in [-0.39, 0.29) is 5.56 Å². The Morgan fingerprint density at radius 3 is 2.29 bits per heavy atom. The maximum Gasteiger partial charge on any atom is 0.258 e. The van der Waals surface area contributed by atoms with Crippen molar-refractivity contribution < 1.29 is 0 Å². The van der Waals surface area contributed by atoms with Crippen LogP contribution < -0.4 is 5.56 Å². The van der Waals surface area contributed by atoms with Gasteiger partial charge in [0.15, 0.2) is 0 Å². The summed E-state index contributed by atoms with van der Waals surface area (Å²) >= 11 is 5.76. The van der Waals surface area contributed by atoms with Gasteiger partial charge in [-0.15, -0.1) is 11.6 Å². The van der Waals surface area contributed by atoms with Gasteiger partial charge in [0.2, 0.25) is 0 Å². The van der Waals surface area contributed by atoms with Crippen molar-refractivity contribution in [1.29, 1.82) is 0 Å². The molecule has 0 spiro atoms. The van der Waals surface area contributed by atoms with E-state index in [4.69, 9.17) is 11.6 Å². The Hall–Kier alpha value is -2.06. The van der Waals surface area contributed by atoms with Crippen molar-refractivity contribution in [2.75, 3.05) is 5.88 Å². The normalized spacial score (nSPS) is 10.9. The quantitative estimate of drug-likeness (QED) is 0.658. The molecule has 0 atom stereocenters. The van der Waals surface area contributed by atoms with E-state index in [1.54, 1.807) is 4.57 Å². The molecule has 0 unspecified atom stereocenters. The maximum absolute atomic E-state index is 12.5. The zero-order chi connectivity index (χ0) is 14.7. The van der Waals surface area contributed by atoms with E-state index in [0.717, 1.165) is 28.3 Å². The molecule has 106 valence electrons. The average Bonchev–Trinajstić information content (AvgIpc) is 2.55. The number of halogens is 1. The highest BCUT2D eigenvalue weighted by Crippen LogP contribution is 2.26. The van der Waals surface area contributed by atoms with Crippen molar-refractivity contribution in [3.05, 3.63) is 71.1 Å². The standard InChI is InChI=1S/C18H16ClNO/c19-11-6-12-20-13-17(14-7-2-1-3-8-14)15-9-4-5-10-16(15)18(20)21/h1-5,7-10,13H,6,11-12H2. The highest BCUT2D eigenvalue weighted by Gasteiger charge is 2.09. The third-order valence-corrected chi connectivity index (χ3v) is 3.88. The molecule has 0 aliphatic carbocycles. The second kappa shape index (κ2) is 6.15. The smallest absolute Gasteiger partial charge is 0.258 e. The summed E-state index contributed by atoms with van der Waals surface area (Å²) in [7, 11) is 0. The van der Waals surface area contributed by atoms with E-state index in [9.17, 15) is 4.79 Å². The van der Waals surface area contributed by atoms with Crippen molar-refractivity contribution in [1.82, 2.24) is 4.57 Å². The lowest BCUT2D eigenvalue weighted by Crippen LogP contribution is -2.20. The lowest BCUT2D eigenvalue weighted by atomic mass is 10.0. The number of nitrogens with zero attached hydrogens (tertiary/aromatic N) is 1. The number of aryl methyl sites for hydroxylation is 1. The number of aromatic nitrogens is 1. The molecule has 1 aromatic heterocycles. The minimum absolute atomic E-state index is 0.0513. The molecule has 3 aromatic rings. The molecule has 0 fully saturated rings. The van der Waals surface area contributed by atoms with Crippen molar-refractivity contribution in [3.8, 4) is 11.1 Å². The Morgan fingerprint density at radius 1 is 0.905 bits per heavy atom. The molecule has 0 saturated carbocycles. The zero-order valence-corrected chi connectivity index (χ0v) is 12.4. The van der Waals surface area contributed by atoms with Crippen LogP contribution in [0.15, 0.2) is 65.6 Å². The first-order valence-electron chi connectivity index (χ1n) is 7.05. The van der Waals surface area contributed by atoms with Crippen LogP contribution in [0.1, 0.15) is 6.42 Å². The number of pyridine rings is 1. The molecule has 0 N–H and O–H groups in total. The largest absolute Gasteiger partial charge is 0.314 e. The Morgan fingerprint density at radius 2 is 1.57 bits per heavy atom. The topological polar surface area (TPSA) is 22.0 Å². The summed E-state index contributed by atoms with van der Waals surface area (Å²) in [6, 6.07) is 17.9. The van der Waals surface area contributed by atoms with Gasteiger partial charge in [-0.25, -0.2) is 0 Å². The maximum atomic E-state index is 12.5. The molecule has 3 heteroatoms. The Labute approximate surface area is 128 Å². The molecular weight excluding hydrogens is 282 g/mol. The van der Waals surface area contributed by atoms with Crippen molar-refractivity contribution in [2.45, 2.75) is 13.0 Å². The van der Waals surface area contributed by atoms with E-state index in [0.29, 0.717) is 12.4 Å². The number of fused-ring (bicyclic) bond motifs is 1. The molecule has 1 heterocycles. The number of rotatable bonds is 4. The number of benzene rings is 2. The van der Waals surface area contributed by atoms with Gasteiger partial charge in [0, 0.05) is 29.6 Å². The van der Waals surface area contributed by atoms with Crippen molar-refractivity contribution >= 4 is 22.4 Å². The fourth-order valence-corrected chi connectivity index (χ4v) is 2.71. The van der Waals surface area contributed by atoms with Crippen LogP contribution in [0.3, 0.4) is 0 Å². The van der Waals surface area contributed by atoms with Gasteiger partial charge in [-0.1, -0.05) is 48.5 Å². The Bertz CT molecular complexity index is 808. The van der Waals surface area contributed by atoms with Crippen LogP contribution >= 0.6 is 11.6 Å². The lowest BCUT2D eigenvalue weighted by Gasteiger charge is -2.12. The van der Waals surface area contributed by atoms with E-state index in [1.165, 1.54) is 0 Å². The van der Waals surface area contributed by atoms with Crippen LogP contribution in [-0.4, -0.2) is 10.4 Å². The summed E-state index contributed by atoms with van der Waals surface area (Å²) in [6.45, 7) is 0.646. The summed E-state index contributed by atoms with van der Waals surface area (Å²) in [5, 5.41) is 1.75. The minimum Gasteiger partial charge on any atom is -0.314 e. The molecule has 0 amide bonds. The van der Waals surface area contributed by atoms with Crippen molar-refractivity contribution in [2.24, 2.45) is 0 Å². The molecule has 0 radical (unpaired) electrons. The van der Waals surface area contributed by atoms with Gasteiger partial charge in [0.05, 0.1) is 0 Å². The summed E-state index contributed by atoms with van der Waals surface area (Å²) in [5.74, 6) is 0.555. The molecular formula is C18H16ClNO. The fraction of sp³-hybridized carbons (Fsp3) is 0.167. The second-order valence-corrected chi connectivity index (χ2v) is 5.37. The van der Waals surface area contributed by atoms with Crippen LogP contribution in [0.2, 0.25) is 0 Å². The molecule has 2 aromatic carbocycles. The van der Waals surface area contributed by atoms with Gasteiger partial charge in [0.25, 0.3) is 5.56 Å². The van der Waals surface area contributed by atoms with Gasteiger partial charge in [-0.05, 0) is 23.4 Å². The van der Waals surface area contributed by atoms with E-state index in [1.807, 2.05) is 48.7 Å². The summed E-state index contributed by atoms with van der Waals surface area (Å²) in [6.07, 6.45) is 2.74. The molecule has 0 saturated heterocycles. The van der Waals surface area contributed by atoms with E-state index >= 15 is 0 Å². The monoisotopic (exact) mass is 297 g/mol. The SMILES string of the molecule is O=c1c2ccccc2c(-c2ccccc2)cn1CCCCl. The second-order valence-electron chi connectivity index (χ2n) is 5.00. The van der Waals surface area contributed by atoms with Crippen LogP contribution in [-0.2, 0) is 6.54 Å². The van der Waals surface area contributed by atoms with E-state index < -0.39 is 0 Å². The first-order chi connectivity index (χ1) is 10.3. The Kier molecular flexibility index (Phi) is 4.07. The van der Waals surface area contributed by atoms with Gasteiger partial charge in [0.1, 0.15) is 0 Å². The molecule has 2 nitrogen and oxygen atoms in total. The average molecular weight is 298 g/mol. The molecule has 21 heavy (non-hydrogen) atoms. The van der Waals surface area contributed by atoms with Gasteiger partial charge < -0.3 is 4.57 Å². The summed E-state index contributed by atoms with van der Waals surface area (Å²) in [4.78, 5) is 12.5. The first kappa shape index (κ1) is 13.9. The third-order valence-electron chi connectivity index (χ3n) is 3.61. The lowest BCUT2D eigenvalue weighted by molar-refractivity contribution is 0.663. The van der Waals surface area contributed by atoms with Gasteiger partial charge in [-0.2, -0.15) is 0 Å². The molecule has 0 aliphatic rings. The van der Waals surface area contributed by atoms with Crippen LogP contribution in [0.25, 0.3) is 21.9 Å². The van der Waals surface area contributed by atoms with Gasteiger partial charge in [-0.3, -0.25) is 4.79 Å².